The van der Waals surface area contributed by atoms with E-state index < -0.39 is 29.5 Å². The first kappa shape index (κ1) is 24.6. The lowest BCUT2D eigenvalue weighted by Crippen LogP contribution is -2.30. The minimum Gasteiger partial charge on any atom is -0.329 e. The molecule has 2 N–H and O–H groups in total. The number of ketones is 1. The number of benzene rings is 2. The molecule has 36 heavy (non-hydrogen) atoms. The molecule has 1 fully saturated rings. The monoisotopic (exact) mass is 499 g/mol. The summed E-state index contributed by atoms with van der Waals surface area (Å²) in [5.41, 5.74) is 0.398. The van der Waals surface area contributed by atoms with Crippen LogP contribution in [0.1, 0.15) is 32.9 Å². The van der Waals surface area contributed by atoms with Gasteiger partial charge >= 0.3 is 12.2 Å². The minimum atomic E-state index is -4.55. The number of Topliss-reactive ketones (excluding diaryl/α,β-unsaturated/α-hetero) is 1. The number of nitrogens with zero attached hydrogens (tertiary/aromatic N) is 3. The molecule has 0 bridgehead atoms. The first-order chi connectivity index (χ1) is 17.0. The molecule has 2 heterocycles. The van der Waals surface area contributed by atoms with E-state index in [9.17, 15) is 32.3 Å². The Morgan fingerprint density at radius 3 is 2.47 bits per heavy atom. The van der Waals surface area contributed by atoms with E-state index in [1.807, 2.05) is 0 Å². The average molecular weight is 499 g/mol. The largest absolute Gasteiger partial charge is 0.416 e. The second-order valence-corrected chi connectivity index (χ2v) is 8.13. The van der Waals surface area contributed by atoms with Crippen molar-refractivity contribution in [2.45, 2.75) is 26.6 Å². The SMILES string of the molecule is Cc1nn(-c2cccc(C(F)(F)F)c2)c(C)c1C(=O)C(=O)Nc1cccc(CN2C(=O)CNC2=O)c1. The normalized spacial score (nSPS) is 13.6. The molecule has 186 valence electrons. The van der Waals surface area contributed by atoms with Gasteiger partial charge in [0, 0.05) is 5.69 Å². The van der Waals surface area contributed by atoms with Crippen molar-refractivity contribution in [3.63, 3.8) is 0 Å². The van der Waals surface area contributed by atoms with Crippen LogP contribution in [0.5, 0.6) is 0 Å². The fraction of sp³-hybridized carbons (Fsp3) is 0.208. The number of carbonyl (C=O) groups excluding carboxylic acids is 4. The van der Waals surface area contributed by atoms with Gasteiger partial charge < -0.3 is 10.6 Å². The van der Waals surface area contributed by atoms with E-state index >= 15 is 0 Å². The summed E-state index contributed by atoms with van der Waals surface area (Å²) in [7, 11) is 0. The molecule has 0 radical (unpaired) electrons. The number of imide groups is 1. The molecular weight excluding hydrogens is 479 g/mol. The molecule has 1 saturated heterocycles. The van der Waals surface area contributed by atoms with Crippen molar-refractivity contribution >= 4 is 29.3 Å². The molecule has 0 aliphatic carbocycles. The summed E-state index contributed by atoms with van der Waals surface area (Å²) < 4.78 is 40.5. The van der Waals surface area contributed by atoms with Gasteiger partial charge in [0.25, 0.3) is 11.7 Å². The van der Waals surface area contributed by atoms with E-state index in [4.69, 9.17) is 0 Å². The third-order valence-corrected chi connectivity index (χ3v) is 5.61. The lowest BCUT2D eigenvalue weighted by molar-refractivity contribution is -0.137. The zero-order valence-corrected chi connectivity index (χ0v) is 19.1. The van der Waals surface area contributed by atoms with Gasteiger partial charge in [-0.2, -0.15) is 18.3 Å². The van der Waals surface area contributed by atoms with E-state index in [0.717, 1.165) is 17.0 Å². The van der Waals surface area contributed by atoms with Crippen LogP contribution in [0.2, 0.25) is 0 Å². The number of nitrogens with one attached hydrogen (secondary N) is 2. The molecule has 9 nitrogen and oxygen atoms in total. The number of rotatable bonds is 6. The van der Waals surface area contributed by atoms with Crippen LogP contribution in [0.3, 0.4) is 0 Å². The molecule has 0 unspecified atom stereocenters. The Kier molecular flexibility index (Phi) is 6.35. The van der Waals surface area contributed by atoms with Gasteiger partial charge in [-0.25, -0.2) is 9.48 Å². The fourth-order valence-corrected chi connectivity index (χ4v) is 3.88. The molecule has 0 saturated carbocycles. The van der Waals surface area contributed by atoms with E-state index in [-0.39, 0.29) is 47.3 Å². The van der Waals surface area contributed by atoms with Crippen LogP contribution < -0.4 is 10.6 Å². The smallest absolute Gasteiger partial charge is 0.329 e. The zero-order chi connectivity index (χ0) is 26.2. The van der Waals surface area contributed by atoms with Gasteiger partial charge in [-0.1, -0.05) is 18.2 Å². The predicted molar refractivity (Wildman–Crippen MR) is 121 cm³/mol. The number of aryl methyl sites for hydroxylation is 1. The van der Waals surface area contributed by atoms with Crippen LogP contribution in [-0.4, -0.2) is 44.9 Å². The Labute approximate surface area is 202 Å². The lowest BCUT2D eigenvalue weighted by atomic mass is 10.1. The molecule has 4 rings (SSSR count). The number of aromatic nitrogens is 2. The molecule has 1 aromatic heterocycles. The molecule has 4 amide bonds. The van der Waals surface area contributed by atoms with E-state index in [1.165, 1.54) is 42.8 Å². The summed E-state index contributed by atoms with van der Waals surface area (Å²) in [5, 5.41) is 9.07. The van der Waals surface area contributed by atoms with Gasteiger partial charge in [-0.15, -0.1) is 0 Å². The number of hydrogen-bond donors (Lipinski definition) is 2. The van der Waals surface area contributed by atoms with Crippen molar-refractivity contribution in [2.75, 3.05) is 11.9 Å². The topological polar surface area (TPSA) is 113 Å². The van der Waals surface area contributed by atoms with E-state index in [0.29, 0.717) is 5.56 Å². The van der Waals surface area contributed by atoms with Crippen molar-refractivity contribution in [2.24, 2.45) is 0 Å². The first-order valence-corrected chi connectivity index (χ1v) is 10.7. The van der Waals surface area contributed by atoms with Crippen molar-refractivity contribution in [1.29, 1.82) is 0 Å². The number of halogens is 3. The minimum absolute atomic E-state index is 0.00962. The van der Waals surface area contributed by atoms with Crippen LogP contribution in [-0.2, 0) is 22.3 Å². The second-order valence-electron chi connectivity index (χ2n) is 8.13. The molecule has 1 aliphatic rings. The number of carbonyl (C=O) groups is 4. The summed E-state index contributed by atoms with van der Waals surface area (Å²) in [6.07, 6.45) is -4.55. The maximum atomic E-state index is 13.1. The summed E-state index contributed by atoms with van der Waals surface area (Å²) in [6.45, 7) is 2.87. The highest BCUT2D eigenvalue weighted by molar-refractivity contribution is 6.47. The van der Waals surface area contributed by atoms with Gasteiger partial charge in [0.2, 0.25) is 5.91 Å². The summed E-state index contributed by atoms with van der Waals surface area (Å²) in [5.74, 6) is -2.27. The fourth-order valence-electron chi connectivity index (χ4n) is 3.88. The van der Waals surface area contributed by atoms with Crippen molar-refractivity contribution < 1.29 is 32.3 Å². The number of anilines is 1. The Balaban J connectivity index is 1.54. The molecule has 12 heteroatoms. The Morgan fingerprint density at radius 2 is 1.81 bits per heavy atom. The number of hydrogen-bond acceptors (Lipinski definition) is 5. The number of urea groups is 1. The molecule has 2 aromatic carbocycles. The lowest BCUT2D eigenvalue weighted by Gasteiger charge is -2.13. The Hall–Kier alpha value is -4.48. The highest BCUT2D eigenvalue weighted by Crippen LogP contribution is 2.31. The molecule has 0 spiro atoms. The maximum Gasteiger partial charge on any atom is 0.416 e. The molecule has 3 aromatic rings. The maximum absolute atomic E-state index is 13.1. The van der Waals surface area contributed by atoms with E-state index in [2.05, 4.69) is 15.7 Å². The Bertz CT molecular complexity index is 1380. The second kappa shape index (κ2) is 9.29. The van der Waals surface area contributed by atoms with Crippen molar-refractivity contribution in [3.8, 4) is 5.69 Å². The van der Waals surface area contributed by atoms with Crippen molar-refractivity contribution in [3.05, 3.63) is 76.6 Å². The number of alkyl halides is 3. The molecular formula is C24H20F3N5O4. The van der Waals surface area contributed by atoms with Gasteiger partial charge in [-0.05, 0) is 49.7 Å². The quantitative estimate of drug-likeness (QED) is 0.307. The summed E-state index contributed by atoms with van der Waals surface area (Å²) >= 11 is 0. The number of amides is 4. The van der Waals surface area contributed by atoms with Crippen LogP contribution in [0, 0.1) is 13.8 Å². The average Bonchev–Trinajstić information content (AvgIpc) is 3.30. The van der Waals surface area contributed by atoms with Crippen LogP contribution >= 0.6 is 0 Å². The van der Waals surface area contributed by atoms with Gasteiger partial charge in [0.05, 0.1) is 41.3 Å². The third-order valence-electron chi connectivity index (χ3n) is 5.61. The van der Waals surface area contributed by atoms with Crippen LogP contribution in [0.15, 0.2) is 48.5 Å². The highest BCUT2D eigenvalue weighted by Gasteiger charge is 2.32. The highest BCUT2D eigenvalue weighted by atomic mass is 19.4. The Morgan fingerprint density at radius 1 is 1.08 bits per heavy atom. The van der Waals surface area contributed by atoms with Crippen molar-refractivity contribution in [1.82, 2.24) is 20.0 Å². The molecule has 1 aliphatic heterocycles. The predicted octanol–water partition coefficient (Wildman–Crippen LogP) is 3.38. The van der Waals surface area contributed by atoms with Gasteiger partial charge in [-0.3, -0.25) is 19.3 Å². The van der Waals surface area contributed by atoms with Gasteiger partial charge in [0.1, 0.15) is 0 Å². The van der Waals surface area contributed by atoms with Crippen LogP contribution in [0.4, 0.5) is 23.7 Å². The third kappa shape index (κ3) is 4.83. The zero-order valence-electron chi connectivity index (χ0n) is 19.1. The van der Waals surface area contributed by atoms with Crippen LogP contribution in [0.25, 0.3) is 5.69 Å². The summed E-state index contributed by atoms with van der Waals surface area (Å²) in [6, 6.07) is 10.3. The van der Waals surface area contributed by atoms with Gasteiger partial charge in [0.15, 0.2) is 0 Å². The molecule has 0 atom stereocenters. The summed E-state index contributed by atoms with van der Waals surface area (Å²) in [4.78, 5) is 50.3. The first-order valence-electron chi connectivity index (χ1n) is 10.7. The van der Waals surface area contributed by atoms with E-state index in [1.54, 1.807) is 12.1 Å². The standard InChI is InChI=1S/C24H20F3N5O4/c1-13-20(14(2)32(30-13)18-8-4-6-16(10-18)24(25,26)27)21(34)22(35)29-17-7-3-5-15(9-17)12-31-19(33)11-28-23(31)36/h3-10H,11-12H2,1-2H3,(H,28,36)(H,29,35).